The summed E-state index contributed by atoms with van der Waals surface area (Å²) in [6, 6.07) is 14.7. The molecule has 0 aliphatic rings. The molecule has 0 aromatic heterocycles. The Bertz CT molecular complexity index is 611. The summed E-state index contributed by atoms with van der Waals surface area (Å²) in [7, 11) is 1.59. The molecule has 2 aromatic carbocycles. The largest absolute Gasteiger partial charge is 0.497 e. The number of benzene rings is 2. The number of aryl methyl sites for hydroxylation is 1. The Labute approximate surface area is 113 Å². The molecular formula is C17H16O2. The molecule has 0 aliphatic carbocycles. The number of rotatable bonds is 3. The van der Waals surface area contributed by atoms with Crippen molar-refractivity contribution in [1.29, 1.82) is 0 Å². The van der Waals surface area contributed by atoms with Gasteiger partial charge in [-0.2, -0.15) is 0 Å². The number of hydrogen-bond donors (Lipinski definition) is 1. The van der Waals surface area contributed by atoms with Crippen molar-refractivity contribution in [3.8, 4) is 18.1 Å². The summed E-state index contributed by atoms with van der Waals surface area (Å²) in [5.74, 6) is 3.17. The number of terminal acetylenes is 1. The van der Waals surface area contributed by atoms with Crippen molar-refractivity contribution in [3.63, 3.8) is 0 Å². The molecular weight excluding hydrogens is 236 g/mol. The van der Waals surface area contributed by atoms with Crippen LogP contribution in [0.25, 0.3) is 0 Å². The fourth-order valence-electron chi connectivity index (χ4n) is 2.09. The van der Waals surface area contributed by atoms with E-state index in [1.165, 1.54) is 0 Å². The van der Waals surface area contributed by atoms with E-state index in [9.17, 15) is 5.11 Å². The average Bonchev–Trinajstić information content (AvgIpc) is 2.46. The van der Waals surface area contributed by atoms with Crippen LogP contribution in [0.2, 0.25) is 0 Å². The topological polar surface area (TPSA) is 29.5 Å². The second kappa shape index (κ2) is 5.17. The molecule has 0 aliphatic heterocycles. The lowest BCUT2D eigenvalue weighted by Gasteiger charge is -2.24. The molecule has 2 aromatic rings. The Kier molecular flexibility index (Phi) is 3.59. The van der Waals surface area contributed by atoms with Gasteiger partial charge in [-0.05, 0) is 24.6 Å². The molecule has 2 rings (SSSR count). The van der Waals surface area contributed by atoms with E-state index in [0.717, 1.165) is 5.56 Å². The summed E-state index contributed by atoms with van der Waals surface area (Å²) in [5.41, 5.74) is 0.850. The zero-order valence-corrected chi connectivity index (χ0v) is 11.1. The predicted molar refractivity (Wildman–Crippen MR) is 76.0 cm³/mol. The molecule has 0 spiro atoms. The highest BCUT2D eigenvalue weighted by Gasteiger charge is 2.29. The van der Waals surface area contributed by atoms with Crippen LogP contribution in [0, 0.1) is 19.3 Å². The van der Waals surface area contributed by atoms with Gasteiger partial charge in [0, 0.05) is 11.1 Å². The minimum absolute atomic E-state index is 0.637. The summed E-state index contributed by atoms with van der Waals surface area (Å²) < 4.78 is 5.23. The van der Waals surface area contributed by atoms with E-state index in [-0.39, 0.29) is 0 Å². The molecule has 1 unspecified atom stereocenters. The first-order chi connectivity index (χ1) is 9.10. The van der Waals surface area contributed by atoms with Crippen LogP contribution in [0.5, 0.6) is 5.75 Å². The molecule has 96 valence electrons. The highest BCUT2D eigenvalue weighted by atomic mass is 16.5. The van der Waals surface area contributed by atoms with E-state index in [2.05, 4.69) is 5.92 Å². The van der Waals surface area contributed by atoms with E-state index in [1.807, 2.05) is 49.4 Å². The van der Waals surface area contributed by atoms with E-state index in [1.54, 1.807) is 13.2 Å². The lowest BCUT2D eigenvalue weighted by molar-refractivity contribution is 0.145. The van der Waals surface area contributed by atoms with Crippen molar-refractivity contribution < 1.29 is 9.84 Å². The molecule has 0 heterocycles. The quantitative estimate of drug-likeness (QED) is 0.851. The molecule has 2 nitrogen and oxygen atoms in total. The molecule has 1 N–H and O–H groups in total. The van der Waals surface area contributed by atoms with Gasteiger partial charge in [-0.3, -0.25) is 0 Å². The van der Waals surface area contributed by atoms with Crippen molar-refractivity contribution in [2.24, 2.45) is 0 Å². The molecule has 0 amide bonds. The minimum Gasteiger partial charge on any atom is -0.497 e. The lowest BCUT2D eigenvalue weighted by Crippen LogP contribution is -2.25. The molecule has 0 radical (unpaired) electrons. The highest BCUT2D eigenvalue weighted by molar-refractivity contribution is 5.47. The summed E-state index contributed by atoms with van der Waals surface area (Å²) in [6.45, 7) is 1.94. The lowest BCUT2D eigenvalue weighted by atomic mass is 9.86. The maximum absolute atomic E-state index is 10.8. The summed E-state index contributed by atoms with van der Waals surface area (Å²) in [5, 5.41) is 10.8. The predicted octanol–water partition coefficient (Wildman–Crippen LogP) is 2.87. The van der Waals surface area contributed by atoms with Crippen LogP contribution in [-0.2, 0) is 5.60 Å². The number of hydrogen-bond acceptors (Lipinski definition) is 2. The van der Waals surface area contributed by atoms with E-state index < -0.39 is 5.60 Å². The fourth-order valence-corrected chi connectivity index (χ4v) is 2.09. The molecule has 2 heteroatoms. The molecule has 0 saturated carbocycles. The van der Waals surface area contributed by atoms with Crippen molar-refractivity contribution in [3.05, 3.63) is 65.2 Å². The van der Waals surface area contributed by atoms with E-state index in [0.29, 0.717) is 16.9 Å². The number of methoxy groups -OCH3 is 1. The fraction of sp³-hybridized carbons (Fsp3) is 0.176. The maximum Gasteiger partial charge on any atom is 0.176 e. The van der Waals surface area contributed by atoms with Crippen LogP contribution in [0.15, 0.2) is 48.5 Å². The van der Waals surface area contributed by atoms with Gasteiger partial charge < -0.3 is 9.84 Å². The van der Waals surface area contributed by atoms with Crippen LogP contribution < -0.4 is 4.74 Å². The average molecular weight is 252 g/mol. The van der Waals surface area contributed by atoms with Crippen LogP contribution >= 0.6 is 0 Å². The van der Waals surface area contributed by atoms with Gasteiger partial charge in [0.15, 0.2) is 5.60 Å². The van der Waals surface area contributed by atoms with Crippen LogP contribution in [0.1, 0.15) is 16.7 Å². The van der Waals surface area contributed by atoms with E-state index >= 15 is 0 Å². The number of ether oxygens (including phenoxy) is 1. The third-order valence-corrected chi connectivity index (χ3v) is 3.10. The van der Waals surface area contributed by atoms with Crippen LogP contribution in [0.4, 0.5) is 0 Å². The monoisotopic (exact) mass is 252 g/mol. The van der Waals surface area contributed by atoms with Gasteiger partial charge in [0.05, 0.1) is 7.11 Å². The summed E-state index contributed by atoms with van der Waals surface area (Å²) >= 11 is 0. The Morgan fingerprint density at radius 1 is 1.11 bits per heavy atom. The zero-order chi connectivity index (χ0) is 13.9. The first-order valence-electron chi connectivity index (χ1n) is 6.02. The van der Waals surface area contributed by atoms with Gasteiger partial charge in [0.25, 0.3) is 0 Å². The van der Waals surface area contributed by atoms with Crippen molar-refractivity contribution in [2.75, 3.05) is 7.11 Å². The second-order valence-corrected chi connectivity index (χ2v) is 4.46. The highest BCUT2D eigenvalue weighted by Crippen LogP contribution is 2.31. The van der Waals surface area contributed by atoms with Gasteiger partial charge in [0.1, 0.15) is 5.75 Å². The molecule has 0 bridgehead atoms. The Balaban J connectivity index is 2.60. The second-order valence-electron chi connectivity index (χ2n) is 4.46. The third-order valence-electron chi connectivity index (χ3n) is 3.10. The van der Waals surface area contributed by atoms with Crippen LogP contribution in [-0.4, -0.2) is 12.2 Å². The van der Waals surface area contributed by atoms with Crippen molar-refractivity contribution in [1.82, 2.24) is 0 Å². The van der Waals surface area contributed by atoms with Gasteiger partial charge in [-0.1, -0.05) is 42.3 Å². The first-order valence-corrected chi connectivity index (χ1v) is 6.02. The van der Waals surface area contributed by atoms with Crippen molar-refractivity contribution >= 4 is 0 Å². The minimum atomic E-state index is -1.44. The normalized spacial score (nSPS) is 13.4. The zero-order valence-electron chi connectivity index (χ0n) is 11.1. The summed E-state index contributed by atoms with van der Waals surface area (Å²) in [6.07, 6.45) is 5.57. The SMILES string of the molecule is C#CC(O)(c1ccccc1)c1cc(C)cc(OC)c1. The molecule has 0 fully saturated rings. The van der Waals surface area contributed by atoms with Gasteiger partial charge >= 0.3 is 0 Å². The molecule has 19 heavy (non-hydrogen) atoms. The third kappa shape index (κ3) is 2.47. The van der Waals surface area contributed by atoms with Gasteiger partial charge in [-0.25, -0.2) is 0 Å². The van der Waals surface area contributed by atoms with Crippen LogP contribution in [0.3, 0.4) is 0 Å². The Morgan fingerprint density at radius 2 is 1.79 bits per heavy atom. The Morgan fingerprint density at radius 3 is 2.37 bits per heavy atom. The first kappa shape index (κ1) is 13.2. The Hall–Kier alpha value is -2.24. The van der Waals surface area contributed by atoms with Crippen molar-refractivity contribution in [2.45, 2.75) is 12.5 Å². The molecule has 0 saturated heterocycles. The van der Waals surface area contributed by atoms with Gasteiger partial charge in [0.2, 0.25) is 0 Å². The smallest absolute Gasteiger partial charge is 0.176 e. The standard InChI is InChI=1S/C17H16O2/c1-4-17(18,14-8-6-5-7-9-14)15-10-13(2)11-16(12-15)19-3/h1,5-12,18H,2-3H3. The van der Waals surface area contributed by atoms with E-state index in [4.69, 9.17) is 11.2 Å². The molecule has 1 atom stereocenters. The number of aliphatic hydroxyl groups is 1. The summed E-state index contributed by atoms with van der Waals surface area (Å²) in [4.78, 5) is 0. The maximum atomic E-state index is 10.8. The van der Waals surface area contributed by atoms with Gasteiger partial charge in [-0.15, -0.1) is 6.42 Å².